The van der Waals surface area contributed by atoms with Crippen LogP contribution in [0.1, 0.15) is 33.3 Å². The Labute approximate surface area is 193 Å². The summed E-state index contributed by atoms with van der Waals surface area (Å²) in [5.74, 6) is -1.39. The first-order valence-corrected chi connectivity index (χ1v) is 12.1. The summed E-state index contributed by atoms with van der Waals surface area (Å²) in [6.45, 7) is 6.02. The lowest BCUT2D eigenvalue weighted by Gasteiger charge is -2.30. The zero-order valence-corrected chi connectivity index (χ0v) is 20.5. The Balaban J connectivity index is 2.89. The summed E-state index contributed by atoms with van der Waals surface area (Å²) in [6.07, 6.45) is -2.00. The molecule has 2 atom stereocenters. The fourth-order valence-corrected chi connectivity index (χ4v) is 3.84. The molecule has 0 spiro atoms. The summed E-state index contributed by atoms with van der Waals surface area (Å²) >= 11 is 0. The Bertz CT molecular complexity index is 827. The topological polar surface area (TPSA) is 141 Å². The van der Waals surface area contributed by atoms with E-state index >= 15 is 0 Å². The van der Waals surface area contributed by atoms with E-state index in [2.05, 4.69) is 5.32 Å². The van der Waals surface area contributed by atoms with E-state index in [-0.39, 0.29) is 25.9 Å². The molecule has 0 radical (unpaired) electrons. The first-order chi connectivity index (χ1) is 15.4. The molecule has 0 aromatic heterocycles. The third kappa shape index (κ3) is 11.2. The predicted molar refractivity (Wildman–Crippen MR) is 120 cm³/mol. The van der Waals surface area contributed by atoms with Crippen LogP contribution in [0.2, 0.25) is 0 Å². The van der Waals surface area contributed by atoms with Gasteiger partial charge in [-0.05, 0) is 33.3 Å². The van der Waals surface area contributed by atoms with Crippen LogP contribution in [0.25, 0.3) is 0 Å². The van der Waals surface area contributed by atoms with E-state index in [1.54, 1.807) is 52.0 Å². The van der Waals surface area contributed by atoms with Crippen LogP contribution in [0.15, 0.2) is 30.3 Å². The molecule has 2 amide bonds. The van der Waals surface area contributed by atoms with Gasteiger partial charge in [-0.2, -0.15) is 0 Å². The van der Waals surface area contributed by atoms with Gasteiger partial charge in [-0.25, -0.2) is 14.4 Å². The van der Waals surface area contributed by atoms with Gasteiger partial charge < -0.3 is 33.8 Å². The van der Waals surface area contributed by atoms with Crippen LogP contribution in [0.4, 0.5) is 9.59 Å². The number of rotatable bonds is 12. The second kappa shape index (κ2) is 13.2. The average Bonchev–Trinajstić information content (AvgIpc) is 2.73. The van der Waals surface area contributed by atoms with Gasteiger partial charge in [0.1, 0.15) is 18.2 Å². The molecule has 186 valence electrons. The molecule has 11 nitrogen and oxygen atoms in total. The van der Waals surface area contributed by atoms with E-state index in [1.807, 2.05) is 6.07 Å². The quantitative estimate of drug-likeness (QED) is 0.423. The molecule has 0 aliphatic carbocycles. The molecule has 1 aromatic rings. The lowest BCUT2D eigenvalue weighted by atomic mass is 10.2. The molecule has 33 heavy (non-hydrogen) atoms. The fourth-order valence-electron chi connectivity index (χ4n) is 2.54. The van der Waals surface area contributed by atoms with Crippen LogP contribution >= 0.6 is 7.60 Å². The SMILES string of the molecule is CCOP(=O)(CCN(CC(NC(=O)OCc1ccccc1)C(=O)O)C(=O)OC(C)(C)C)OC. The van der Waals surface area contributed by atoms with Gasteiger partial charge in [-0.1, -0.05) is 30.3 Å². The number of alkyl carbamates (subject to hydrolysis) is 1. The minimum Gasteiger partial charge on any atom is -0.480 e. The number of carbonyl (C=O) groups is 3. The number of ether oxygens (including phenoxy) is 2. The summed E-state index contributed by atoms with van der Waals surface area (Å²) in [6, 6.07) is 7.35. The van der Waals surface area contributed by atoms with Gasteiger partial charge in [0.2, 0.25) is 0 Å². The summed E-state index contributed by atoms with van der Waals surface area (Å²) in [5.41, 5.74) is -0.137. The standard InChI is InChI=1S/C21H33N2O9P/c1-6-31-33(28,29-5)13-12-23(20(27)32-21(2,3)4)14-17(18(24)25)22-19(26)30-15-16-10-8-7-9-11-16/h7-11,17H,6,12-15H2,1-5H3,(H,22,26)(H,24,25). The average molecular weight is 488 g/mol. The zero-order valence-electron chi connectivity index (χ0n) is 19.6. The number of carbonyl (C=O) groups excluding carboxylic acids is 2. The van der Waals surface area contributed by atoms with Crippen molar-refractivity contribution in [2.24, 2.45) is 0 Å². The van der Waals surface area contributed by atoms with Crippen molar-refractivity contribution < 1.29 is 42.6 Å². The molecular weight excluding hydrogens is 455 g/mol. The molecule has 0 saturated heterocycles. The Morgan fingerprint density at radius 1 is 1.18 bits per heavy atom. The largest absolute Gasteiger partial charge is 0.480 e. The summed E-state index contributed by atoms with van der Waals surface area (Å²) < 4.78 is 33.1. The summed E-state index contributed by atoms with van der Waals surface area (Å²) in [4.78, 5) is 37.6. The van der Waals surface area contributed by atoms with Gasteiger partial charge in [0.15, 0.2) is 0 Å². The van der Waals surface area contributed by atoms with Gasteiger partial charge in [-0.15, -0.1) is 0 Å². The first kappa shape index (κ1) is 28.4. The van der Waals surface area contributed by atoms with E-state index in [0.717, 1.165) is 10.5 Å². The van der Waals surface area contributed by atoms with E-state index < -0.39 is 43.9 Å². The van der Waals surface area contributed by atoms with Crippen molar-refractivity contribution >= 4 is 25.8 Å². The van der Waals surface area contributed by atoms with E-state index in [1.165, 1.54) is 7.11 Å². The van der Waals surface area contributed by atoms with Gasteiger partial charge in [-0.3, -0.25) is 4.57 Å². The van der Waals surface area contributed by atoms with Crippen molar-refractivity contribution in [2.75, 3.05) is 33.0 Å². The van der Waals surface area contributed by atoms with Gasteiger partial charge in [0.05, 0.1) is 19.3 Å². The highest BCUT2D eigenvalue weighted by Gasteiger charge is 2.32. The highest BCUT2D eigenvalue weighted by molar-refractivity contribution is 7.53. The molecule has 0 fully saturated rings. The third-order valence-corrected chi connectivity index (χ3v) is 6.06. The van der Waals surface area contributed by atoms with Crippen LogP contribution in [-0.2, 0) is 34.5 Å². The Kier molecular flexibility index (Phi) is 11.3. The molecule has 12 heteroatoms. The maximum absolute atomic E-state index is 12.7. The Morgan fingerprint density at radius 3 is 2.33 bits per heavy atom. The van der Waals surface area contributed by atoms with Crippen LogP contribution < -0.4 is 5.32 Å². The number of carboxylic acids is 1. The second-order valence-electron chi connectivity index (χ2n) is 7.96. The van der Waals surface area contributed by atoms with Gasteiger partial charge >= 0.3 is 25.8 Å². The van der Waals surface area contributed by atoms with Crippen LogP contribution in [0, 0.1) is 0 Å². The highest BCUT2D eigenvalue weighted by Crippen LogP contribution is 2.46. The van der Waals surface area contributed by atoms with E-state index in [0.29, 0.717) is 0 Å². The van der Waals surface area contributed by atoms with Crippen molar-refractivity contribution in [3.8, 4) is 0 Å². The maximum atomic E-state index is 12.7. The molecule has 0 bridgehead atoms. The number of hydrogen-bond donors (Lipinski definition) is 2. The van der Waals surface area contributed by atoms with Gasteiger partial charge in [0, 0.05) is 13.7 Å². The smallest absolute Gasteiger partial charge is 0.410 e. The minimum atomic E-state index is -3.49. The third-order valence-electron chi connectivity index (χ3n) is 4.11. The molecule has 0 saturated carbocycles. The normalized spacial score (nSPS) is 14.0. The minimum absolute atomic E-state index is 0.0554. The van der Waals surface area contributed by atoms with E-state index in [9.17, 15) is 24.1 Å². The molecule has 0 aliphatic heterocycles. The molecule has 0 heterocycles. The fraction of sp³-hybridized carbons (Fsp3) is 0.571. The van der Waals surface area contributed by atoms with E-state index in [4.69, 9.17) is 18.5 Å². The monoisotopic (exact) mass is 488 g/mol. The van der Waals surface area contributed by atoms with Crippen LogP contribution in [-0.4, -0.2) is 72.8 Å². The number of benzene rings is 1. The molecule has 1 aromatic carbocycles. The van der Waals surface area contributed by atoms with Crippen molar-refractivity contribution in [3.63, 3.8) is 0 Å². The molecule has 1 rings (SSSR count). The molecular formula is C21H33N2O9P. The van der Waals surface area contributed by atoms with Crippen molar-refractivity contribution in [3.05, 3.63) is 35.9 Å². The van der Waals surface area contributed by atoms with Crippen molar-refractivity contribution in [1.82, 2.24) is 10.2 Å². The number of nitrogens with zero attached hydrogens (tertiary/aromatic N) is 1. The lowest BCUT2D eigenvalue weighted by molar-refractivity contribution is -0.139. The number of nitrogens with one attached hydrogen (secondary N) is 1. The second-order valence-corrected chi connectivity index (χ2v) is 10.3. The maximum Gasteiger partial charge on any atom is 0.410 e. The number of carboxylic acid groups (broad SMARTS) is 1. The lowest BCUT2D eigenvalue weighted by Crippen LogP contribution is -2.51. The number of aliphatic carboxylic acids is 1. The first-order valence-electron chi connectivity index (χ1n) is 10.4. The van der Waals surface area contributed by atoms with Crippen molar-refractivity contribution in [1.29, 1.82) is 0 Å². The Hall–Kier alpha value is -2.62. The summed E-state index contributed by atoms with van der Waals surface area (Å²) in [7, 11) is -2.27. The zero-order chi connectivity index (χ0) is 25.1. The highest BCUT2D eigenvalue weighted by atomic mass is 31.2. The molecule has 2 unspecified atom stereocenters. The number of amides is 2. The van der Waals surface area contributed by atoms with Crippen LogP contribution in [0.3, 0.4) is 0 Å². The number of hydrogen-bond acceptors (Lipinski definition) is 8. The van der Waals surface area contributed by atoms with Crippen molar-refractivity contribution in [2.45, 2.75) is 45.9 Å². The van der Waals surface area contributed by atoms with Gasteiger partial charge in [0.25, 0.3) is 0 Å². The summed E-state index contributed by atoms with van der Waals surface area (Å²) in [5, 5.41) is 11.8. The predicted octanol–water partition coefficient (Wildman–Crippen LogP) is 3.48. The Morgan fingerprint density at radius 2 is 1.82 bits per heavy atom. The molecule has 0 aliphatic rings. The molecule has 2 N–H and O–H groups in total. The van der Waals surface area contributed by atoms with Crippen LogP contribution in [0.5, 0.6) is 0 Å².